The molecule has 0 rings (SSSR count). The molecule has 0 spiro atoms. The fourth-order valence-corrected chi connectivity index (χ4v) is 1.47. The molecule has 1 unspecified atom stereocenters. The summed E-state index contributed by atoms with van der Waals surface area (Å²) in [4.78, 5) is 12.5. The molecule has 0 aliphatic heterocycles. The molecule has 8 heteroatoms. The van der Waals surface area contributed by atoms with Crippen molar-refractivity contribution in [1.29, 1.82) is 0 Å². The molecule has 0 saturated heterocycles. The van der Waals surface area contributed by atoms with Gasteiger partial charge in [-0.1, -0.05) is 0 Å². The van der Waals surface area contributed by atoms with E-state index >= 15 is 0 Å². The summed E-state index contributed by atoms with van der Waals surface area (Å²) < 4.78 is 46.9. The lowest BCUT2D eigenvalue weighted by Crippen LogP contribution is -2.49. The Morgan fingerprint density at radius 1 is 1.42 bits per heavy atom. The first-order valence-electron chi connectivity index (χ1n) is 5.99. The molecular formula is C11H21F3N2O3. The van der Waals surface area contributed by atoms with Crippen molar-refractivity contribution < 1.29 is 27.4 Å². The van der Waals surface area contributed by atoms with Crippen molar-refractivity contribution in [3.05, 3.63) is 0 Å². The van der Waals surface area contributed by atoms with Gasteiger partial charge in [0.25, 0.3) is 0 Å². The average molecular weight is 286 g/mol. The standard InChI is InChI=1S/C11H21F3N2O3/c1-3-19-6-4-5-16(8-11(12,13)14)10(17)9(15)7-18-2/h9H,3-8,15H2,1-2H3. The van der Waals surface area contributed by atoms with Gasteiger partial charge in [-0.25, -0.2) is 0 Å². The van der Waals surface area contributed by atoms with Crippen LogP contribution in [0.2, 0.25) is 0 Å². The predicted molar refractivity (Wildman–Crippen MR) is 63.6 cm³/mol. The Hall–Kier alpha value is -0.860. The van der Waals surface area contributed by atoms with Crippen molar-refractivity contribution in [3.63, 3.8) is 0 Å². The van der Waals surface area contributed by atoms with Gasteiger partial charge < -0.3 is 20.1 Å². The van der Waals surface area contributed by atoms with Crippen LogP contribution in [0.3, 0.4) is 0 Å². The van der Waals surface area contributed by atoms with Crippen LogP contribution >= 0.6 is 0 Å². The van der Waals surface area contributed by atoms with Gasteiger partial charge in [0.2, 0.25) is 5.91 Å². The van der Waals surface area contributed by atoms with E-state index in [-0.39, 0.29) is 13.2 Å². The summed E-state index contributed by atoms with van der Waals surface area (Å²) in [6, 6.07) is -1.08. The van der Waals surface area contributed by atoms with Crippen LogP contribution in [0.15, 0.2) is 0 Å². The number of amides is 1. The molecule has 1 amide bonds. The number of rotatable bonds is 9. The van der Waals surface area contributed by atoms with Gasteiger partial charge in [0.15, 0.2) is 0 Å². The molecule has 0 fully saturated rings. The van der Waals surface area contributed by atoms with Crippen molar-refractivity contribution in [3.8, 4) is 0 Å². The molecule has 114 valence electrons. The van der Waals surface area contributed by atoms with Gasteiger partial charge in [-0.2, -0.15) is 13.2 Å². The fraction of sp³-hybridized carbons (Fsp3) is 0.909. The van der Waals surface area contributed by atoms with Crippen LogP contribution in [0.5, 0.6) is 0 Å². The molecule has 2 N–H and O–H groups in total. The second-order valence-electron chi connectivity index (χ2n) is 3.99. The Balaban J connectivity index is 4.43. The maximum absolute atomic E-state index is 12.4. The van der Waals surface area contributed by atoms with Crippen LogP contribution in [0, 0.1) is 0 Å². The summed E-state index contributed by atoms with van der Waals surface area (Å²) in [5.74, 6) is -0.768. The van der Waals surface area contributed by atoms with Gasteiger partial charge in [0, 0.05) is 26.9 Å². The fourth-order valence-electron chi connectivity index (χ4n) is 1.47. The highest BCUT2D eigenvalue weighted by atomic mass is 19.4. The van der Waals surface area contributed by atoms with E-state index in [2.05, 4.69) is 4.74 Å². The normalized spacial score (nSPS) is 13.4. The van der Waals surface area contributed by atoms with Crippen LogP contribution < -0.4 is 5.73 Å². The quantitative estimate of drug-likeness (QED) is 0.636. The van der Waals surface area contributed by atoms with Gasteiger partial charge in [-0.3, -0.25) is 4.79 Å². The van der Waals surface area contributed by atoms with Crippen molar-refractivity contribution in [2.24, 2.45) is 5.73 Å². The molecule has 0 aliphatic rings. The maximum Gasteiger partial charge on any atom is 0.406 e. The minimum atomic E-state index is -4.45. The van der Waals surface area contributed by atoms with E-state index in [0.29, 0.717) is 24.5 Å². The Labute approximate surface area is 110 Å². The average Bonchev–Trinajstić information content (AvgIpc) is 2.31. The first-order valence-corrected chi connectivity index (χ1v) is 5.99. The van der Waals surface area contributed by atoms with Crippen LogP contribution in [0.4, 0.5) is 13.2 Å². The lowest BCUT2D eigenvalue weighted by Gasteiger charge is -2.26. The lowest BCUT2D eigenvalue weighted by atomic mass is 10.2. The number of hydrogen-bond donors (Lipinski definition) is 1. The summed E-state index contributed by atoms with van der Waals surface area (Å²) in [6.07, 6.45) is -4.12. The number of ether oxygens (including phenoxy) is 2. The molecule has 0 aromatic carbocycles. The zero-order chi connectivity index (χ0) is 14.9. The molecule has 0 aromatic heterocycles. The van der Waals surface area contributed by atoms with Gasteiger partial charge in [0.1, 0.15) is 12.6 Å². The number of carbonyl (C=O) groups excluding carboxylic acids is 1. The summed E-state index contributed by atoms with van der Waals surface area (Å²) in [5, 5.41) is 0. The number of nitrogens with two attached hydrogens (primary N) is 1. The van der Waals surface area contributed by atoms with Gasteiger partial charge in [0.05, 0.1) is 6.61 Å². The molecule has 0 aromatic rings. The van der Waals surface area contributed by atoms with Crippen LogP contribution in [-0.2, 0) is 14.3 Å². The highest BCUT2D eigenvalue weighted by molar-refractivity contribution is 5.81. The molecule has 0 heterocycles. The largest absolute Gasteiger partial charge is 0.406 e. The van der Waals surface area contributed by atoms with Gasteiger partial charge >= 0.3 is 6.18 Å². The number of alkyl halides is 3. The summed E-state index contributed by atoms with van der Waals surface area (Å²) >= 11 is 0. The second kappa shape index (κ2) is 9.11. The van der Waals surface area contributed by atoms with Gasteiger partial charge in [-0.05, 0) is 13.3 Å². The number of halogens is 3. The highest BCUT2D eigenvalue weighted by Crippen LogP contribution is 2.17. The highest BCUT2D eigenvalue weighted by Gasteiger charge is 2.34. The minimum absolute atomic E-state index is 0.0459. The third kappa shape index (κ3) is 8.79. The zero-order valence-electron chi connectivity index (χ0n) is 11.2. The lowest BCUT2D eigenvalue weighted by molar-refractivity contribution is -0.163. The van der Waals surface area contributed by atoms with E-state index < -0.39 is 24.7 Å². The molecule has 5 nitrogen and oxygen atoms in total. The predicted octanol–water partition coefficient (Wildman–Crippen LogP) is 0.778. The van der Waals surface area contributed by atoms with Crippen molar-refractivity contribution >= 4 is 5.91 Å². The molecule has 0 bridgehead atoms. The van der Waals surface area contributed by atoms with E-state index in [1.807, 2.05) is 0 Å². The SMILES string of the molecule is CCOCCCN(CC(F)(F)F)C(=O)C(N)COC. The topological polar surface area (TPSA) is 64.8 Å². The maximum atomic E-state index is 12.4. The monoisotopic (exact) mass is 286 g/mol. The third-order valence-corrected chi connectivity index (χ3v) is 2.27. The molecule has 19 heavy (non-hydrogen) atoms. The molecule has 1 atom stereocenters. The Kier molecular flexibility index (Phi) is 8.70. The molecule has 0 radical (unpaired) electrons. The van der Waals surface area contributed by atoms with Crippen LogP contribution in [0.25, 0.3) is 0 Å². The van der Waals surface area contributed by atoms with E-state index in [1.165, 1.54) is 7.11 Å². The van der Waals surface area contributed by atoms with E-state index in [9.17, 15) is 18.0 Å². The minimum Gasteiger partial charge on any atom is -0.383 e. The molecule has 0 aliphatic carbocycles. The smallest absolute Gasteiger partial charge is 0.383 e. The number of hydrogen-bond acceptors (Lipinski definition) is 4. The summed E-state index contributed by atoms with van der Waals surface area (Å²) in [7, 11) is 1.33. The third-order valence-electron chi connectivity index (χ3n) is 2.27. The number of carbonyl (C=O) groups is 1. The van der Waals surface area contributed by atoms with Crippen LogP contribution in [0.1, 0.15) is 13.3 Å². The Morgan fingerprint density at radius 3 is 2.53 bits per heavy atom. The molecule has 0 saturated carbocycles. The zero-order valence-corrected chi connectivity index (χ0v) is 11.2. The van der Waals surface area contributed by atoms with Crippen molar-refractivity contribution in [2.45, 2.75) is 25.6 Å². The number of methoxy groups -OCH3 is 1. The Morgan fingerprint density at radius 2 is 2.05 bits per heavy atom. The first-order chi connectivity index (χ1) is 8.81. The second-order valence-corrected chi connectivity index (χ2v) is 3.99. The van der Waals surface area contributed by atoms with Crippen LogP contribution in [-0.4, -0.2) is 63.0 Å². The van der Waals surface area contributed by atoms with E-state index in [1.54, 1.807) is 6.92 Å². The summed E-state index contributed by atoms with van der Waals surface area (Å²) in [5.41, 5.74) is 5.46. The van der Waals surface area contributed by atoms with E-state index in [4.69, 9.17) is 10.5 Å². The van der Waals surface area contributed by atoms with Gasteiger partial charge in [-0.15, -0.1) is 0 Å². The Bertz CT molecular complexity index is 262. The first kappa shape index (κ1) is 18.1. The van der Waals surface area contributed by atoms with Crippen molar-refractivity contribution in [1.82, 2.24) is 4.90 Å². The summed E-state index contributed by atoms with van der Waals surface area (Å²) in [6.45, 7) is 1.10. The number of nitrogens with zero attached hydrogens (tertiary/aromatic N) is 1. The van der Waals surface area contributed by atoms with E-state index in [0.717, 1.165) is 0 Å². The van der Waals surface area contributed by atoms with Crippen molar-refractivity contribution in [2.75, 3.05) is 40.0 Å². The molecular weight excluding hydrogens is 265 g/mol.